The smallest absolute Gasteiger partial charge is 0.227 e. The van der Waals surface area contributed by atoms with Gasteiger partial charge in [0.15, 0.2) is 0 Å². The van der Waals surface area contributed by atoms with Gasteiger partial charge in [-0.1, -0.05) is 41.4 Å². The predicted molar refractivity (Wildman–Crippen MR) is 99.9 cm³/mol. The summed E-state index contributed by atoms with van der Waals surface area (Å²) in [5, 5.41) is 0.702. The van der Waals surface area contributed by atoms with Gasteiger partial charge in [-0.25, -0.2) is 0 Å². The zero-order valence-electron chi connectivity index (χ0n) is 14.3. The summed E-state index contributed by atoms with van der Waals surface area (Å²) in [6, 6.07) is 14.1. The van der Waals surface area contributed by atoms with Gasteiger partial charge in [0.05, 0.1) is 6.42 Å². The normalized spacial score (nSPS) is 14.8. The molecular formula is C20H23ClN2O. The van der Waals surface area contributed by atoms with E-state index in [-0.39, 0.29) is 5.91 Å². The quantitative estimate of drug-likeness (QED) is 0.846. The first kappa shape index (κ1) is 16.8. The van der Waals surface area contributed by atoms with Crippen molar-refractivity contribution in [3.63, 3.8) is 0 Å². The van der Waals surface area contributed by atoms with Gasteiger partial charge in [-0.2, -0.15) is 0 Å². The predicted octanol–water partition coefficient (Wildman–Crippen LogP) is 3.85. The third-order valence-electron chi connectivity index (χ3n) is 4.59. The molecule has 3 nitrogen and oxygen atoms in total. The van der Waals surface area contributed by atoms with Crippen LogP contribution in [0.25, 0.3) is 0 Å². The summed E-state index contributed by atoms with van der Waals surface area (Å²) in [5.41, 5.74) is 4.88. The van der Waals surface area contributed by atoms with Crippen molar-refractivity contribution in [2.75, 3.05) is 31.1 Å². The number of rotatable bonds is 3. The number of amides is 1. The van der Waals surface area contributed by atoms with Crippen molar-refractivity contribution in [1.82, 2.24) is 4.90 Å². The van der Waals surface area contributed by atoms with Crippen LogP contribution in [0.4, 0.5) is 5.69 Å². The second-order valence-electron chi connectivity index (χ2n) is 6.46. The van der Waals surface area contributed by atoms with Gasteiger partial charge in [-0.15, -0.1) is 0 Å². The monoisotopic (exact) mass is 342 g/mol. The Hall–Kier alpha value is -2.00. The van der Waals surface area contributed by atoms with E-state index in [4.69, 9.17) is 11.6 Å². The number of hydrogen-bond donors (Lipinski definition) is 0. The van der Waals surface area contributed by atoms with E-state index < -0.39 is 0 Å². The number of nitrogens with zero attached hydrogens (tertiary/aromatic N) is 2. The molecule has 1 saturated heterocycles. The fourth-order valence-corrected chi connectivity index (χ4v) is 3.37. The van der Waals surface area contributed by atoms with Crippen molar-refractivity contribution in [3.05, 3.63) is 64.2 Å². The van der Waals surface area contributed by atoms with Gasteiger partial charge in [-0.05, 0) is 43.2 Å². The molecule has 1 aliphatic rings. The molecule has 1 fully saturated rings. The molecule has 0 aliphatic carbocycles. The molecule has 1 amide bonds. The minimum atomic E-state index is 0.192. The van der Waals surface area contributed by atoms with Crippen LogP contribution >= 0.6 is 11.6 Å². The number of hydrogen-bond acceptors (Lipinski definition) is 2. The topological polar surface area (TPSA) is 23.6 Å². The second-order valence-corrected chi connectivity index (χ2v) is 6.90. The highest BCUT2D eigenvalue weighted by Gasteiger charge is 2.22. The summed E-state index contributed by atoms with van der Waals surface area (Å²) in [6.07, 6.45) is 0.445. The lowest BCUT2D eigenvalue weighted by Gasteiger charge is -2.37. The van der Waals surface area contributed by atoms with Crippen molar-refractivity contribution in [2.24, 2.45) is 0 Å². The zero-order chi connectivity index (χ0) is 17.1. The Balaban J connectivity index is 1.58. The molecule has 1 heterocycles. The van der Waals surface area contributed by atoms with Crippen LogP contribution in [-0.4, -0.2) is 37.0 Å². The van der Waals surface area contributed by atoms with Crippen LogP contribution in [-0.2, 0) is 11.2 Å². The first-order valence-electron chi connectivity index (χ1n) is 8.37. The van der Waals surface area contributed by atoms with E-state index in [9.17, 15) is 4.79 Å². The summed E-state index contributed by atoms with van der Waals surface area (Å²) in [6.45, 7) is 7.59. The average Bonchev–Trinajstić information content (AvgIpc) is 2.57. The van der Waals surface area contributed by atoms with Gasteiger partial charge in [0.2, 0.25) is 5.91 Å². The highest BCUT2D eigenvalue weighted by Crippen LogP contribution is 2.22. The van der Waals surface area contributed by atoms with Gasteiger partial charge in [0.1, 0.15) is 0 Å². The van der Waals surface area contributed by atoms with Crippen molar-refractivity contribution in [2.45, 2.75) is 20.3 Å². The molecule has 0 spiro atoms. The lowest BCUT2D eigenvalue weighted by molar-refractivity contribution is -0.130. The molecule has 126 valence electrons. The molecule has 2 aromatic rings. The summed E-state index contributed by atoms with van der Waals surface area (Å²) >= 11 is 5.89. The highest BCUT2D eigenvalue weighted by molar-refractivity contribution is 6.30. The largest absolute Gasteiger partial charge is 0.368 e. The molecule has 0 bridgehead atoms. The highest BCUT2D eigenvalue weighted by atomic mass is 35.5. The van der Waals surface area contributed by atoms with Crippen LogP contribution in [0.1, 0.15) is 16.7 Å². The van der Waals surface area contributed by atoms with E-state index in [1.165, 1.54) is 16.8 Å². The Labute approximate surface area is 148 Å². The Morgan fingerprint density at radius 2 is 1.67 bits per heavy atom. The maximum absolute atomic E-state index is 12.5. The zero-order valence-corrected chi connectivity index (χ0v) is 15.0. The third kappa shape index (κ3) is 3.90. The fraction of sp³-hybridized carbons (Fsp3) is 0.350. The number of anilines is 1. The number of piperazine rings is 1. The maximum Gasteiger partial charge on any atom is 0.227 e. The summed E-state index contributed by atoms with van der Waals surface area (Å²) < 4.78 is 0. The van der Waals surface area contributed by atoms with Gasteiger partial charge in [0.25, 0.3) is 0 Å². The summed E-state index contributed by atoms with van der Waals surface area (Å²) in [4.78, 5) is 16.8. The third-order valence-corrected chi connectivity index (χ3v) is 4.85. The first-order valence-corrected chi connectivity index (χ1v) is 8.75. The molecule has 0 saturated carbocycles. The van der Waals surface area contributed by atoms with Crippen LogP contribution < -0.4 is 4.90 Å². The number of halogens is 1. The van der Waals surface area contributed by atoms with E-state index >= 15 is 0 Å². The lowest BCUT2D eigenvalue weighted by Crippen LogP contribution is -2.49. The molecule has 0 N–H and O–H groups in total. The second kappa shape index (κ2) is 7.27. The van der Waals surface area contributed by atoms with Gasteiger partial charge in [0, 0.05) is 36.9 Å². The van der Waals surface area contributed by atoms with Crippen LogP contribution in [0.15, 0.2) is 42.5 Å². The standard InChI is InChI=1S/C20H23ClN2O/c1-15-3-8-19(16(2)13-15)22-9-11-23(12-10-22)20(24)14-17-4-6-18(21)7-5-17/h3-8,13H,9-12,14H2,1-2H3. The number of carbonyl (C=O) groups excluding carboxylic acids is 1. The van der Waals surface area contributed by atoms with Crippen LogP contribution in [0.5, 0.6) is 0 Å². The van der Waals surface area contributed by atoms with Gasteiger partial charge in [-0.3, -0.25) is 4.79 Å². The summed E-state index contributed by atoms with van der Waals surface area (Å²) in [7, 11) is 0. The molecule has 0 aromatic heterocycles. The molecule has 4 heteroatoms. The van der Waals surface area contributed by atoms with E-state index in [0.29, 0.717) is 11.4 Å². The van der Waals surface area contributed by atoms with Crippen molar-refractivity contribution < 1.29 is 4.79 Å². The molecule has 0 atom stereocenters. The minimum absolute atomic E-state index is 0.192. The average molecular weight is 343 g/mol. The number of aryl methyl sites for hydroxylation is 2. The lowest BCUT2D eigenvalue weighted by atomic mass is 10.1. The number of benzene rings is 2. The molecule has 0 radical (unpaired) electrons. The van der Waals surface area contributed by atoms with E-state index in [2.05, 4.69) is 36.9 Å². The molecule has 0 unspecified atom stereocenters. The van der Waals surface area contributed by atoms with E-state index in [0.717, 1.165) is 31.7 Å². The fourth-order valence-electron chi connectivity index (χ4n) is 3.25. The maximum atomic E-state index is 12.5. The SMILES string of the molecule is Cc1ccc(N2CCN(C(=O)Cc3ccc(Cl)cc3)CC2)c(C)c1. The van der Waals surface area contributed by atoms with Crippen LogP contribution in [0.2, 0.25) is 5.02 Å². The molecule has 2 aromatic carbocycles. The Morgan fingerprint density at radius 1 is 1.00 bits per heavy atom. The van der Waals surface area contributed by atoms with Crippen LogP contribution in [0.3, 0.4) is 0 Å². The Bertz CT molecular complexity index is 719. The van der Waals surface area contributed by atoms with Crippen LogP contribution in [0, 0.1) is 13.8 Å². The van der Waals surface area contributed by atoms with Gasteiger partial charge >= 0.3 is 0 Å². The molecule has 1 aliphatic heterocycles. The Morgan fingerprint density at radius 3 is 2.29 bits per heavy atom. The van der Waals surface area contributed by atoms with Gasteiger partial charge < -0.3 is 9.80 Å². The van der Waals surface area contributed by atoms with Crippen molar-refractivity contribution >= 4 is 23.2 Å². The molecule has 3 rings (SSSR count). The molecular weight excluding hydrogens is 320 g/mol. The minimum Gasteiger partial charge on any atom is -0.368 e. The van der Waals surface area contributed by atoms with E-state index in [1.54, 1.807) is 0 Å². The first-order chi connectivity index (χ1) is 11.5. The van der Waals surface area contributed by atoms with Crippen molar-refractivity contribution in [3.8, 4) is 0 Å². The summed E-state index contributed by atoms with van der Waals surface area (Å²) in [5.74, 6) is 0.192. The number of carbonyl (C=O) groups is 1. The van der Waals surface area contributed by atoms with E-state index in [1.807, 2.05) is 29.2 Å². The Kier molecular flexibility index (Phi) is 5.10. The molecule has 24 heavy (non-hydrogen) atoms. The van der Waals surface area contributed by atoms with Crippen molar-refractivity contribution in [1.29, 1.82) is 0 Å².